The van der Waals surface area contributed by atoms with E-state index in [1.54, 1.807) is 6.92 Å². The zero-order chi connectivity index (χ0) is 9.07. The van der Waals surface area contributed by atoms with Gasteiger partial charge in [0.05, 0.1) is 0 Å². The fourth-order valence-electron chi connectivity index (χ4n) is 0.680. The van der Waals surface area contributed by atoms with Crippen LogP contribution in [0.2, 0.25) is 0 Å². The second-order valence-corrected chi connectivity index (χ2v) is 2.01. The summed E-state index contributed by atoms with van der Waals surface area (Å²) >= 11 is 0. The van der Waals surface area contributed by atoms with Crippen molar-refractivity contribution >= 4 is 0 Å². The van der Waals surface area contributed by atoms with Crippen molar-refractivity contribution in [2.75, 3.05) is 0 Å². The Morgan fingerprint density at radius 3 is 1.36 bits per heavy atom. The van der Waals surface area contributed by atoms with E-state index in [1.165, 1.54) is 0 Å². The summed E-state index contributed by atoms with van der Waals surface area (Å²) in [6.45, 7) is 5.00. The van der Waals surface area contributed by atoms with Crippen molar-refractivity contribution in [3.63, 3.8) is 0 Å². The fourth-order valence-corrected chi connectivity index (χ4v) is 0.680. The average molecular weight is 373 g/mol. The summed E-state index contributed by atoms with van der Waals surface area (Å²) in [5, 5.41) is 0. The molecule has 0 N–H and O–H groups in total. The van der Waals surface area contributed by atoms with Gasteiger partial charge in [-0.2, -0.15) is 19.1 Å². The molecule has 0 aromatic rings. The summed E-state index contributed by atoms with van der Waals surface area (Å²) in [7, 11) is 0. The Bertz CT molecular complexity index is 148. The Kier molecular flexibility index (Phi) is 26.4. The third kappa shape index (κ3) is 14.6. The number of allylic oxidation sites excluding steroid dienone is 8. The second-order valence-electron chi connectivity index (χ2n) is 2.01. The van der Waals surface area contributed by atoms with Crippen LogP contribution in [0, 0.1) is 19.1 Å². The minimum atomic E-state index is 0. The van der Waals surface area contributed by atoms with Crippen LogP contribution in [-0.4, -0.2) is 0 Å². The van der Waals surface area contributed by atoms with Crippen molar-refractivity contribution in [1.82, 2.24) is 0 Å². The molecular formula is C12H15ClHf. The Hall–Kier alpha value is 0.120. The Balaban J connectivity index is -0.000000131. The van der Waals surface area contributed by atoms with Crippen molar-refractivity contribution in [3.05, 3.63) is 55.5 Å². The number of rotatable bonds is 0. The number of hydrogen-bond donors (Lipinski definition) is 0. The van der Waals surface area contributed by atoms with Gasteiger partial charge in [-0.3, -0.25) is 12.2 Å². The first-order valence-corrected chi connectivity index (χ1v) is 4.14. The molecule has 2 aliphatic carbocycles. The van der Waals surface area contributed by atoms with Crippen LogP contribution in [0.25, 0.3) is 0 Å². The molecule has 2 heteroatoms. The van der Waals surface area contributed by atoms with Crippen LogP contribution in [0.3, 0.4) is 0 Å². The molecule has 0 spiro atoms. The first-order valence-electron chi connectivity index (χ1n) is 4.14. The molecule has 2 aliphatic rings. The molecule has 0 amide bonds. The average Bonchev–Trinajstić information content (AvgIpc) is 2.87. The van der Waals surface area contributed by atoms with Crippen molar-refractivity contribution in [2.24, 2.45) is 0 Å². The molecule has 0 bridgehead atoms. The zero-order valence-corrected chi connectivity index (χ0v) is 12.8. The molecule has 14 heavy (non-hydrogen) atoms. The van der Waals surface area contributed by atoms with E-state index >= 15 is 0 Å². The second kappa shape index (κ2) is 18.8. The van der Waals surface area contributed by atoms with Crippen LogP contribution in [-0.2, 0) is 25.8 Å². The SMILES string of the molecule is [C-]1=CC=CC1.[C-]1=CC=CC1.[CH2-]C.[Cl-].[Hf+4]. The van der Waals surface area contributed by atoms with E-state index in [0.29, 0.717) is 0 Å². The molecule has 0 saturated carbocycles. The van der Waals surface area contributed by atoms with Crippen molar-refractivity contribution in [1.29, 1.82) is 0 Å². The molecule has 0 radical (unpaired) electrons. The number of hydrogen-bond acceptors (Lipinski definition) is 0. The monoisotopic (exact) mass is 374 g/mol. The molecule has 2 rings (SSSR count). The predicted octanol–water partition coefficient (Wildman–Crippen LogP) is 0.453. The predicted molar refractivity (Wildman–Crippen MR) is 54.2 cm³/mol. The third-order valence-corrected chi connectivity index (χ3v) is 1.17. The third-order valence-electron chi connectivity index (χ3n) is 1.17. The van der Waals surface area contributed by atoms with Gasteiger partial charge in [-0.05, 0) is 0 Å². The summed E-state index contributed by atoms with van der Waals surface area (Å²) in [5.41, 5.74) is 0. The first kappa shape index (κ1) is 19.7. The van der Waals surface area contributed by atoms with E-state index in [9.17, 15) is 0 Å². The van der Waals surface area contributed by atoms with Gasteiger partial charge in [0.2, 0.25) is 0 Å². The summed E-state index contributed by atoms with van der Waals surface area (Å²) < 4.78 is 0. The van der Waals surface area contributed by atoms with Crippen LogP contribution in [0.5, 0.6) is 0 Å². The van der Waals surface area contributed by atoms with Gasteiger partial charge >= 0.3 is 25.8 Å². The van der Waals surface area contributed by atoms with Gasteiger partial charge in [0.1, 0.15) is 0 Å². The molecule has 0 nitrogen and oxygen atoms in total. The minimum absolute atomic E-state index is 0. The summed E-state index contributed by atoms with van der Waals surface area (Å²) in [4.78, 5) is 0. The summed E-state index contributed by atoms with van der Waals surface area (Å²) in [5.74, 6) is 0. The van der Waals surface area contributed by atoms with Crippen molar-refractivity contribution < 1.29 is 38.3 Å². The van der Waals surface area contributed by atoms with Gasteiger partial charge in [0.15, 0.2) is 0 Å². The molecule has 0 atom stereocenters. The van der Waals surface area contributed by atoms with E-state index in [1.807, 2.05) is 24.3 Å². The molecule has 74 valence electrons. The summed E-state index contributed by atoms with van der Waals surface area (Å²) in [6.07, 6.45) is 20.0. The number of halogens is 1. The Morgan fingerprint density at radius 1 is 0.929 bits per heavy atom. The Morgan fingerprint density at radius 2 is 1.29 bits per heavy atom. The molecule has 0 heterocycles. The zero-order valence-electron chi connectivity index (χ0n) is 8.46. The quantitative estimate of drug-likeness (QED) is 0.428. The normalized spacial score (nSPS) is 13.0. The molecule has 0 aromatic carbocycles. The van der Waals surface area contributed by atoms with E-state index in [0.717, 1.165) is 12.8 Å². The van der Waals surface area contributed by atoms with Crippen LogP contribution in [0.15, 0.2) is 36.5 Å². The van der Waals surface area contributed by atoms with E-state index in [4.69, 9.17) is 0 Å². The van der Waals surface area contributed by atoms with Gasteiger partial charge in [-0.1, -0.05) is 0 Å². The smallest absolute Gasteiger partial charge is 1.00 e. The van der Waals surface area contributed by atoms with Gasteiger partial charge in [-0.25, -0.2) is 24.3 Å². The van der Waals surface area contributed by atoms with E-state index in [2.05, 4.69) is 31.2 Å². The van der Waals surface area contributed by atoms with Crippen molar-refractivity contribution in [3.8, 4) is 0 Å². The largest absolute Gasteiger partial charge is 4.00 e. The maximum Gasteiger partial charge on any atom is 4.00 e. The molecule has 0 unspecified atom stereocenters. The Labute approximate surface area is 113 Å². The molecular weight excluding hydrogens is 358 g/mol. The van der Waals surface area contributed by atoms with Gasteiger partial charge in [-0.15, -0.1) is 12.8 Å². The summed E-state index contributed by atoms with van der Waals surface area (Å²) in [6, 6.07) is 0. The van der Waals surface area contributed by atoms with E-state index < -0.39 is 0 Å². The van der Waals surface area contributed by atoms with Crippen LogP contribution < -0.4 is 12.4 Å². The molecule has 0 saturated heterocycles. The van der Waals surface area contributed by atoms with Crippen molar-refractivity contribution in [2.45, 2.75) is 19.8 Å². The van der Waals surface area contributed by atoms with Gasteiger partial charge in [0, 0.05) is 0 Å². The standard InChI is InChI=1S/2C5H5.C2H5.ClH.Hf/c2*1-2-4-5-3-1;1-2;;/h2*1-3H,4H2;1H2,2H3;1H;/q3*-1;;+4/p-1. The van der Waals surface area contributed by atoms with Gasteiger partial charge in [0.25, 0.3) is 0 Å². The van der Waals surface area contributed by atoms with Gasteiger partial charge < -0.3 is 19.3 Å². The van der Waals surface area contributed by atoms with Crippen LogP contribution in [0.4, 0.5) is 0 Å². The fraction of sp³-hybridized carbons (Fsp3) is 0.250. The molecule has 0 fully saturated rings. The maximum absolute atomic E-state index is 3.25. The minimum Gasteiger partial charge on any atom is -1.00 e. The van der Waals surface area contributed by atoms with E-state index in [-0.39, 0.29) is 38.3 Å². The first-order chi connectivity index (χ1) is 6.00. The molecule has 0 aliphatic heterocycles. The molecule has 0 aromatic heterocycles. The topological polar surface area (TPSA) is 0 Å². The maximum atomic E-state index is 3.25. The van der Waals surface area contributed by atoms with Crippen LogP contribution in [0.1, 0.15) is 19.8 Å². The van der Waals surface area contributed by atoms with Crippen LogP contribution >= 0.6 is 0 Å².